The van der Waals surface area contributed by atoms with Crippen molar-refractivity contribution in [3.63, 3.8) is 0 Å². The third-order valence-corrected chi connectivity index (χ3v) is 2.53. The van der Waals surface area contributed by atoms with Crippen molar-refractivity contribution >= 4 is 33.0 Å². The summed E-state index contributed by atoms with van der Waals surface area (Å²) < 4.78 is 43.3. The van der Waals surface area contributed by atoms with Crippen LogP contribution in [0.4, 0.5) is 0 Å². The second-order valence-corrected chi connectivity index (χ2v) is 4.62. The molecule has 16 heteroatoms. The van der Waals surface area contributed by atoms with Gasteiger partial charge in [-0.3, -0.25) is 0 Å². The van der Waals surface area contributed by atoms with Crippen LogP contribution < -0.4 is 19.6 Å². The van der Waals surface area contributed by atoms with Gasteiger partial charge in [0, 0.05) is 0 Å². The molecule has 19 heavy (non-hydrogen) atoms. The predicted molar refractivity (Wildman–Crippen MR) is 49.9 cm³/mol. The van der Waals surface area contributed by atoms with Crippen LogP contribution in [0.2, 0.25) is 0 Å². The first-order chi connectivity index (χ1) is 8.17. The fourth-order valence-electron chi connectivity index (χ4n) is 0.109. The van der Waals surface area contributed by atoms with E-state index in [0.717, 1.165) is 0 Å². The van der Waals surface area contributed by atoms with Gasteiger partial charge in [-0.25, -0.2) is 0 Å². The Morgan fingerprint density at radius 1 is 0.895 bits per heavy atom. The van der Waals surface area contributed by atoms with E-state index in [4.69, 9.17) is 5.11 Å². The van der Waals surface area contributed by atoms with Crippen molar-refractivity contribution in [2.45, 2.75) is 0 Å². The predicted octanol–water partition coefficient (Wildman–Crippen LogP) is -1.76. The van der Waals surface area contributed by atoms with E-state index in [0.29, 0.717) is 0 Å². The largest absolute Gasteiger partial charge is 4.00 e. The summed E-state index contributed by atoms with van der Waals surface area (Å²) in [5.74, 6) is 0. The normalized spacial score (nSPS) is 11.2. The smallest absolute Gasteiger partial charge is 0.563 e. The molecule has 0 aliphatic carbocycles. The molecule has 4 unspecified atom stereocenters. The average Bonchev–Trinajstić information content (AvgIpc) is 2.14. The van der Waals surface area contributed by atoms with E-state index in [-0.39, 0.29) is 32.5 Å². The van der Waals surface area contributed by atoms with Crippen LogP contribution in [0.25, 0.3) is 0 Å². The molecule has 0 amide bonds. The maximum absolute atomic E-state index is 9.24. The Bertz CT molecular complexity index is 256. The third kappa shape index (κ3) is 55.4. The number of aliphatic hydroxyl groups is 1. The Morgan fingerprint density at radius 2 is 1.05 bits per heavy atom. The topological polar surface area (TPSA) is 199 Å². The van der Waals surface area contributed by atoms with Crippen LogP contribution >= 0.6 is 33.0 Å². The summed E-state index contributed by atoms with van der Waals surface area (Å²) in [6.45, 7) is 3.31. The van der Waals surface area contributed by atoms with Crippen LogP contribution in [-0.4, -0.2) is 11.7 Å². The van der Waals surface area contributed by atoms with E-state index < -0.39 is 33.0 Å². The molecule has 0 spiro atoms. The Balaban J connectivity index is -0.0000000900. The number of hydrogen-bond acceptors (Lipinski definition) is 11. The molecule has 0 aromatic rings. The van der Waals surface area contributed by atoms with E-state index in [1.807, 2.05) is 0 Å². The number of aliphatic hydroxyl groups excluding tert-OH is 1. The molecule has 0 saturated carbocycles. The maximum atomic E-state index is 9.24. The van der Waals surface area contributed by atoms with Gasteiger partial charge in [0.15, 0.2) is 0 Å². The molecule has 0 saturated heterocycles. The quantitative estimate of drug-likeness (QED) is 0.245. The van der Waals surface area contributed by atoms with E-state index in [9.17, 15) is 37.8 Å². The van der Waals surface area contributed by atoms with Gasteiger partial charge < -0.3 is 24.7 Å². The Morgan fingerprint density at radius 3 is 1.05 bits per heavy atom. The molecule has 0 aliphatic heterocycles. The third-order valence-electron chi connectivity index (χ3n) is 0.396. The Hall–Kier alpha value is 0.730. The molecule has 11 nitrogen and oxygen atoms in total. The van der Waals surface area contributed by atoms with Gasteiger partial charge in [-0.1, -0.05) is 6.08 Å². The van der Waals surface area contributed by atoms with Crippen LogP contribution in [0.15, 0.2) is 12.7 Å². The molecule has 0 aromatic heterocycles. The van der Waals surface area contributed by atoms with Gasteiger partial charge in [-0.15, -0.1) is 6.58 Å². The van der Waals surface area contributed by atoms with E-state index in [2.05, 4.69) is 15.2 Å². The summed E-state index contributed by atoms with van der Waals surface area (Å²) in [4.78, 5) is 37.0. The molecule has 0 bridgehead atoms. The summed E-state index contributed by atoms with van der Waals surface area (Å²) >= 11 is 0. The molecule has 0 aliphatic rings. The summed E-state index contributed by atoms with van der Waals surface area (Å²) in [5, 5.41) is 7.76. The molecule has 1 N–H and O–H groups in total. The van der Waals surface area contributed by atoms with Gasteiger partial charge in [-0.05, 0) is 18.3 Å². The first kappa shape index (κ1) is 28.0. The van der Waals surface area contributed by atoms with Gasteiger partial charge in [0.2, 0.25) is 0 Å². The van der Waals surface area contributed by atoms with Gasteiger partial charge in [-0.2, -0.15) is 0 Å². The fraction of sp³-hybridized carbons (Fsp3) is 0.333. The van der Waals surface area contributed by atoms with Gasteiger partial charge in [0.25, 0.3) is 0 Å². The molecule has 104 valence electrons. The second-order valence-electron chi connectivity index (χ2n) is 1.53. The standard InChI is InChI=1S/C3H6O.Hf.2O5P2/c1-2-3-4;;2*1-6(2)5-7(3)4/h2,4H,1,3H2;;;/q;+4;;. The molecule has 0 fully saturated rings. The van der Waals surface area contributed by atoms with Crippen molar-refractivity contribution in [3.8, 4) is 0 Å². The van der Waals surface area contributed by atoms with E-state index in [1.54, 1.807) is 0 Å². The van der Waals surface area contributed by atoms with Crippen molar-refractivity contribution in [1.29, 1.82) is 0 Å². The summed E-state index contributed by atoms with van der Waals surface area (Å²) in [6.07, 6.45) is 1.43. The van der Waals surface area contributed by atoms with Crippen molar-refractivity contribution in [2.24, 2.45) is 0 Å². The Labute approximate surface area is 129 Å². The van der Waals surface area contributed by atoms with Gasteiger partial charge in [0.05, 0.1) is 6.61 Å². The van der Waals surface area contributed by atoms with E-state index in [1.165, 1.54) is 6.08 Å². The Kier molecular flexibility index (Phi) is 31.0. The summed E-state index contributed by atoms with van der Waals surface area (Å²) in [5.41, 5.74) is 0. The molecule has 0 rings (SSSR count). The van der Waals surface area contributed by atoms with E-state index >= 15 is 0 Å². The molecule has 4 atom stereocenters. The fourth-order valence-corrected chi connectivity index (χ4v) is 0.980. The number of rotatable bonds is 5. The summed E-state index contributed by atoms with van der Waals surface area (Å²) in [6, 6.07) is 0. The first-order valence-corrected chi connectivity index (χ1v) is 7.71. The minimum atomic E-state index is -3.24. The second kappa shape index (κ2) is 21.0. The first-order valence-electron chi connectivity index (χ1n) is 3.32. The zero-order valence-corrected chi connectivity index (χ0v) is 16.0. The maximum Gasteiger partial charge on any atom is 4.00 e. The zero-order valence-electron chi connectivity index (χ0n) is 8.81. The van der Waals surface area contributed by atoms with Crippen LogP contribution in [-0.2, 0) is 52.7 Å². The zero-order chi connectivity index (χ0) is 15.1. The minimum absolute atomic E-state index is 0. The molecule has 0 aromatic carbocycles. The molecular formula is C3H6HfO11P4+4. The molecule has 0 heterocycles. The van der Waals surface area contributed by atoms with Gasteiger partial charge >= 0.3 is 58.9 Å². The van der Waals surface area contributed by atoms with Crippen molar-refractivity contribution in [2.75, 3.05) is 6.61 Å². The van der Waals surface area contributed by atoms with Crippen molar-refractivity contribution < 1.29 is 77.4 Å². The van der Waals surface area contributed by atoms with Crippen LogP contribution in [0, 0.1) is 0 Å². The van der Waals surface area contributed by atoms with Crippen molar-refractivity contribution in [3.05, 3.63) is 12.7 Å². The van der Waals surface area contributed by atoms with Gasteiger partial charge in [0.1, 0.15) is 8.62 Å². The van der Waals surface area contributed by atoms with Crippen LogP contribution in [0.1, 0.15) is 0 Å². The molecular weight excluding hydrogens is 514 g/mol. The van der Waals surface area contributed by atoms with Crippen LogP contribution in [0.5, 0.6) is 0 Å². The average molecular weight is 520 g/mol. The minimum Gasteiger partial charge on any atom is -0.563 e. The SMILES string of the molecule is C=CCO.O=[P+]([O-])O[P+](=O)[O-].O=[P+]([O-])O[P+](=O)[O-].[Hf+4]. The monoisotopic (exact) mass is 522 g/mol. The van der Waals surface area contributed by atoms with Crippen LogP contribution in [0.3, 0.4) is 0 Å². The number of hydrogen-bond donors (Lipinski definition) is 1. The molecule has 0 radical (unpaired) electrons. The van der Waals surface area contributed by atoms with Crippen molar-refractivity contribution in [1.82, 2.24) is 0 Å². The summed E-state index contributed by atoms with van der Waals surface area (Å²) in [7, 11) is -12.9.